The van der Waals surface area contributed by atoms with E-state index in [2.05, 4.69) is 10.2 Å². The topological polar surface area (TPSA) is 216 Å². The summed E-state index contributed by atoms with van der Waals surface area (Å²) in [5.41, 5.74) is 12.6. The molecule has 0 fully saturated rings. The highest BCUT2D eigenvalue weighted by Gasteiger charge is 2.28. The summed E-state index contributed by atoms with van der Waals surface area (Å²) in [6, 6.07) is -2.07. The molecule has 0 spiro atoms. The largest absolute Gasteiger partial charge is 0.394 e. The minimum atomic E-state index is -1.83. The number of carbonyl (C=O) groups excluding carboxylic acids is 2. The zero-order chi connectivity index (χ0) is 15.7. The molecule has 0 unspecified atom stereocenters. The number of urea groups is 2. The highest BCUT2D eigenvalue weighted by molar-refractivity contribution is 6.32. The number of nitrogens with two attached hydrogens (primary N) is 2. The van der Waals surface area contributed by atoms with Crippen LogP contribution in [0.4, 0.5) is 9.59 Å². The van der Waals surface area contributed by atoms with Gasteiger partial charge in [-0.05, 0) is 0 Å². The zero-order valence-corrected chi connectivity index (χ0v) is 10.2. The Morgan fingerprint density at radius 3 is 2.15 bits per heavy atom. The van der Waals surface area contributed by atoms with Crippen LogP contribution in [-0.4, -0.2) is 69.3 Å². The van der Waals surface area contributed by atoms with Gasteiger partial charge in [0.25, 0.3) is 0 Å². The Morgan fingerprint density at radius 2 is 1.70 bits per heavy atom. The number of primary amides is 2. The van der Waals surface area contributed by atoms with Crippen LogP contribution >= 0.6 is 0 Å². The van der Waals surface area contributed by atoms with Crippen LogP contribution < -0.4 is 22.3 Å². The Morgan fingerprint density at radius 1 is 1.15 bits per heavy atom. The molecule has 12 nitrogen and oxygen atoms in total. The Kier molecular flexibility index (Phi) is 7.76. The molecular weight excluding hydrogens is 276 g/mol. The first kappa shape index (κ1) is 17.7. The standard InChI is InChI=1S/C8H16N6O6/c9-7(19)13-11-1-3(12-14-8(10)20)5(17)6(18)4(16)2-15/h1,4-6,15-18H,2H2,(H3,9,13,19)(H3,10,14,20)/b11-1+,12-3-/t4-,5+,6+/m0/s1. The molecule has 12 heteroatoms. The van der Waals surface area contributed by atoms with Crippen molar-refractivity contribution in [1.82, 2.24) is 10.9 Å². The molecule has 0 aliphatic carbocycles. The van der Waals surface area contributed by atoms with Gasteiger partial charge in [-0.1, -0.05) is 0 Å². The maximum Gasteiger partial charge on any atom is 0.332 e. The third kappa shape index (κ3) is 6.60. The lowest BCUT2D eigenvalue weighted by atomic mass is 10.0. The Labute approximate surface area is 112 Å². The number of nitrogens with one attached hydrogen (secondary N) is 2. The first-order valence-electron chi connectivity index (χ1n) is 5.16. The van der Waals surface area contributed by atoms with Crippen molar-refractivity contribution in [2.45, 2.75) is 18.3 Å². The predicted molar refractivity (Wildman–Crippen MR) is 66.5 cm³/mol. The average Bonchev–Trinajstić information content (AvgIpc) is 2.39. The third-order valence-electron chi connectivity index (χ3n) is 1.87. The number of hydrazone groups is 2. The van der Waals surface area contributed by atoms with Gasteiger partial charge in [-0.3, -0.25) is 0 Å². The van der Waals surface area contributed by atoms with E-state index in [1.165, 1.54) is 0 Å². The zero-order valence-electron chi connectivity index (χ0n) is 10.2. The summed E-state index contributed by atoms with van der Waals surface area (Å²) in [7, 11) is 0. The third-order valence-corrected chi connectivity index (χ3v) is 1.87. The van der Waals surface area contributed by atoms with Gasteiger partial charge in [0.2, 0.25) is 0 Å². The molecule has 20 heavy (non-hydrogen) atoms. The fraction of sp³-hybridized carbons (Fsp3) is 0.500. The van der Waals surface area contributed by atoms with Crippen LogP contribution in [-0.2, 0) is 0 Å². The van der Waals surface area contributed by atoms with Gasteiger partial charge < -0.3 is 31.9 Å². The van der Waals surface area contributed by atoms with Crippen molar-refractivity contribution in [3.63, 3.8) is 0 Å². The lowest BCUT2D eigenvalue weighted by Gasteiger charge is -2.21. The molecule has 114 valence electrons. The first-order valence-corrected chi connectivity index (χ1v) is 5.16. The summed E-state index contributed by atoms with van der Waals surface area (Å²) in [5.74, 6) is 0. The van der Waals surface area contributed by atoms with E-state index in [0.717, 1.165) is 6.21 Å². The number of rotatable bonds is 7. The van der Waals surface area contributed by atoms with E-state index in [9.17, 15) is 24.9 Å². The number of carbonyl (C=O) groups is 2. The van der Waals surface area contributed by atoms with Crippen LogP contribution in [0, 0.1) is 0 Å². The van der Waals surface area contributed by atoms with Gasteiger partial charge in [-0.15, -0.1) is 0 Å². The number of amides is 4. The number of nitrogens with zero attached hydrogens (tertiary/aromatic N) is 2. The summed E-state index contributed by atoms with van der Waals surface area (Å²) in [5, 5.41) is 43.5. The van der Waals surface area contributed by atoms with E-state index in [-0.39, 0.29) is 0 Å². The van der Waals surface area contributed by atoms with Gasteiger partial charge in [0.1, 0.15) is 24.0 Å². The van der Waals surface area contributed by atoms with Gasteiger partial charge in [-0.2, -0.15) is 10.2 Å². The molecule has 0 saturated heterocycles. The lowest BCUT2D eigenvalue weighted by molar-refractivity contribution is -0.0549. The summed E-state index contributed by atoms with van der Waals surface area (Å²) in [4.78, 5) is 20.9. The Balaban J connectivity index is 5.00. The van der Waals surface area contributed by atoms with E-state index in [4.69, 9.17) is 16.6 Å². The van der Waals surface area contributed by atoms with E-state index in [1.54, 1.807) is 10.9 Å². The highest BCUT2D eigenvalue weighted by Crippen LogP contribution is 2.01. The second-order valence-electron chi connectivity index (χ2n) is 3.43. The van der Waals surface area contributed by atoms with Crippen LogP contribution in [0.3, 0.4) is 0 Å². The van der Waals surface area contributed by atoms with Crippen molar-refractivity contribution in [2.24, 2.45) is 21.7 Å². The fourth-order valence-electron chi connectivity index (χ4n) is 0.946. The van der Waals surface area contributed by atoms with Gasteiger partial charge in [0.05, 0.1) is 12.8 Å². The molecule has 0 aliphatic heterocycles. The Bertz CT molecular complexity index is 399. The molecule has 0 radical (unpaired) electrons. The number of hydrogen-bond acceptors (Lipinski definition) is 8. The number of aliphatic hydroxyl groups is 4. The van der Waals surface area contributed by atoms with Crippen LogP contribution in [0.25, 0.3) is 0 Å². The van der Waals surface area contributed by atoms with Gasteiger partial charge in [-0.25, -0.2) is 20.4 Å². The van der Waals surface area contributed by atoms with Crippen LogP contribution in [0.5, 0.6) is 0 Å². The lowest BCUT2D eigenvalue weighted by Crippen LogP contribution is -2.45. The average molecular weight is 292 g/mol. The molecule has 10 N–H and O–H groups in total. The molecule has 0 bridgehead atoms. The van der Waals surface area contributed by atoms with Crippen molar-refractivity contribution in [3.05, 3.63) is 0 Å². The van der Waals surface area contributed by atoms with Crippen molar-refractivity contribution >= 4 is 24.0 Å². The summed E-state index contributed by atoms with van der Waals surface area (Å²) >= 11 is 0. The molecule has 0 aliphatic rings. The van der Waals surface area contributed by atoms with Crippen molar-refractivity contribution < 1.29 is 30.0 Å². The molecular formula is C8H16N6O6. The smallest absolute Gasteiger partial charge is 0.332 e. The molecule has 3 atom stereocenters. The minimum absolute atomic E-state index is 0.461. The summed E-state index contributed by atoms with van der Waals surface area (Å²) in [6.07, 6.45) is -4.57. The van der Waals surface area contributed by atoms with E-state index in [1.807, 2.05) is 0 Å². The highest BCUT2D eigenvalue weighted by atomic mass is 16.4. The van der Waals surface area contributed by atoms with Crippen molar-refractivity contribution in [3.8, 4) is 0 Å². The maximum atomic E-state index is 10.5. The van der Waals surface area contributed by atoms with Crippen LogP contribution in [0.15, 0.2) is 10.2 Å². The molecule has 0 aromatic heterocycles. The summed E-state index contributed by atoms with van der Waals surface area (Å²) < 4.78 is 0. The molecule has 4 amide bonds. The normalized spacial score (nSPS) is 16.5. The molecule has 0 heterocycles. The van der Waals surface area contributed by atoms with E-state index >= 15 is 0 Å². The fourth-order valence-corrected chi connectivity index (χ4v) is 0.946. The number of aliphatic hydroxyl groups excluding tert-OH is 4. The van der Waals surface area contributed by atoms with Gasteiger partial charge >= 0.3 is 12.1 Å². The van der Waals surface area contributed by atoms with Crippen LogP contribution in [0.1, 0.15) is 0 Å². The quantitative estimate of drug-likeness (QED) is 0.171. The molecule has 0 aromatic carbocycles. The van der Waals surface area contributed by atoms with Crippen LogP contribution in [0.2, 0.25) is 0 Å². The SMILES string of the molecule is NC(=O)N/N=C(/C=N/NC(N)=O)[C@@H](O)[C@H](O)[C@@H](O)CO. The first-order chi connectivity index (χ1) is 9.29. The van der Waals surface area contributed by atoms with E-state index < -0.39 is 42.7 Å². The van der Waals surface area contributed by atoms with E-state index in [0.29, 0.717) is 0 Å². The predicted octanol–water partition coefficient (Wildman–Crippen LogP) is -4.26. The maximum absolute atomic E-state index is 10.5. The minimum Gasteiger partial charge on any atom is -0.394 e. The van der Waals surface area contributed by atoms with Gasteiger partial charge in [0.15, 0.2) is 0 Å². The Hall–Kier alpha value is -2.28. The van der Waals surface area contributed by atoms with Crippen molar-refractivity contribution in [2.75, 3.05) is 6.61 Å². The van der Waals surface area contributed by atoms with Gasteiger partial charge in [0, 0.05) is 0 Å². The molecule has 0 saturated carbocycles. The number of hydrogen-bond donors (Lipinski definition) is 8. The monoisotopic (exact) mass is 292 g/mol. The summed E-state index contributed by atoms with van der Waals surface area (Å²) in [6.45, 7) is -0.828. The second kappa shape index (κ2) is 8.76. The molecule has 0 aromatic rings. The van der Waals surface area contributed by atoms with Crippen molar-refractivity contribution in [1.29, 1.82) is 0 Å². The molecule has 0 rings (SSSR count). The second-order valence-corrected chi connectivity index (χ2v) is 3.43.